The molecule has 0 radical (unpaired) electrons. The van der Waals surface area contributed by atoms with Crippen molar-refractivity contribution in [3.63, 3.8) is 0 Å². The summed E-state index contributed by atoms with van der Waals surface area (Å²) in [6, 6.07) is 7.80. The van der Waals surface area contributed by atoms with E-state index in [4.69, 9.17) is 11.6 Å². The first-order valence-electron chi connectivity index (χ1n) is 7.62. The van der Waals surface area contributed by atoms with E-state index in [1.807, 2.05) is 31.2 Å². The summed E-state index contributed by atoms with van der Waals surface area (Å²) in [5.74, 6) is 0.907. The molecule has 0 spiro atoms. The Morgan fingerprint density at radius 1 is 1.14 bits per heavy atom. The molecule has 0 saturated carbocycles. The second-order valence-electron chi connectivity index (χ2n) is 5.44. The van der Waals surface area contributed by atoms with Crippen LogP contribution in [0.2, 0.25) is 5.02 Å². The van der Waals surface area contributed by atoms with E-state index in [9.17, 15) is 8.42 Å². The summed E-state index contributed by atoms with van der Waals surface area (Å²) in [7, 11) is -2.90. The van der Waals surface area contributed by atoms with E-state index in [2.05, 4.69) is 12.2 Å². The Bertz CT molecular complexity index is 500. The van der Waals surface area contributed by atoms with Crippen LogP contribution in [0.5, 0.6) is 0 Å². The van der Waals surface area contributed by atoms with Crippen LogP contribution in [0.1, 0.15) is 32.3 Å². The minimum absolute atomic E-state index is 0.282. The lowest BCUT2D eigenvalue weighted by Crippen LogP contribution is -2.26. The zero-order chi connectivity index (χ0) is 15.7. The maximum atomic E-state index is 11.9. The number of halogens is 1. The van der Waals surface area contributed by atoms with Crippen LogP contribution in [-0.4, -0.2) is 33.0 Å². The molecule has 0 bridgehead atoms. The molecule has 21 heavy (non-hydrogen) atoms. The average Bonchev–Trinajstić information content (AvgIpc) is 2.44. The van der Waals surface area contributed by atoms with Crippen molar-refractivity contribution in [1.82, 2.24) is 5.32 Å². The lowest BCUT2D eigenvalue weighted by Gasteiger charge is -2.17. The minimum atomic E-state index is -2.90. The Balaban J connectivity index is 2.60. The van der Waals surface area contributed by atoms with Gasteiger partial charge in [0.2, 0.25) is 0 Å². The van der Waals surface area contributed by atoms with Crippen molar-refractivity contribution in [3.05, 3.63) is 34.9 Å². The third-order valence-electron chi connectivity index (χ3n) is 3.47. The van der Waals surface area contributed by atoms with Crippen molar-refractivity contribution in [2.45, 2.75) is 33.1 Å². The van der Waals surface area contributed by atoms with Gasteiger partial charge in [0, 0.05) is 10.8 Å². The summed E-state index contributed by atoms with van der Waals surface area (Å²) >= 11 is 5.90. The van der Waals surface area contributed by atoms with Crippen molar-refractivity contribution in [2.24, 2.45) is 5.92 Å². The highest BCUT2D eigenvalue weighted by Gasteiger charge is 2.15. The topological polar surface area (TPSA) is 46.2 Å². The molecule has 0 aliphatic heterocycles. The maximum absolute atomic E-state index is 11.9. The molecule has 0 aliphatic rings. The van der Waals surface area contributed by atoms with Crippen LogP contribution in [0, 0.1) is 5.92 Å². The molecule has 120 valence electrons. The molecule has 0 saturated heterocycles. The third-order valence-corrected chi connectivity index (χ3v) is 5.61. The van der Waals surface area contributed by atoms with Crippen LogP contribution in [-0.2, 0) is 16.3 Å². The highest BCUT2D eigenvalue weighted by molar-refractivity contribution is 7.91. The van der Waals surface area contributed by atoms with Crippen LogP contribution >= 0.6 is 11.6 Å². The summed E-state index contributed by atoms with van der Waals surface area (Å²) in [5, 5.41) is 4.06. The summed E-state index contributed by atoms with van der Waals surface area (Å²) < 4.78 is 23.7. The smallest absolute Gasteiger partial charge is 0.150 e. The quantitative estimate of drug-likeness (QED) is 0.715. The predicted molar refractivity (Wildman–Crippen MR) is 90.8 cm³/mol. The van der Waals surface area contributed by atoms with Crippen LogP contribution in [0.3, 0.4) is 0 Å². The minimum Gasteiger partial charge on any atom is -0.317 e. The van der Waals surface area contributed by atoms with E-state index in [-0.39, 0.29) is 5.75 Å². The van der Waals surface area contributed by atoms with Gasteiger partial charge >= 0.3 is 0 Å². The van der Waals surface area contributed by atoms with Crippen molar-refractivity contribution in [1.29, 1.82) is 0 Å². The average molecular weight is 332 g/mol. The number of hydrogen-bond donors (Lipinski definition) is 1. The van der Waals surface area contributed by atoms with Crippen molar-refractivity contribution >= 4 is 21.4 Å². The summed E-state index contributed by atoms with van der Waals surface area (Å²) in [6.07, 6.45) is 2.28. The molecular weight excluding hydrogens is 306 g/mol. The van der Waals surface area contributed by atoms with Crippen molar-refractivity contribution in [2.75, 3.05) is 24.6 Å². The lowest BCUT2D eigenvalue weighted by atomic mass is 9.97. The van der Waals surface area contributed by atoms with E-state index in [0.29, 0.717) is 24.5 Å². The molecule has 1 unspecified atom stereocenters. The molecule has 1 aromatic carbocycles. The molecule has 5 heteroatoms. The SMILES string of the molecule is CCCS(=O)(=O)CCC(CNCC)Cc1ccc(Cl)cc1. The molecule has 0 amide bonds. The monoisotopic (exact) mass is 331 g/mol. The van der Waals surface area contributed by atoms with Gasteiger partial charge in [-0.15, -0.1) is 0 Å². The van der Waals surface area contributed by atoms with E-state index < -0.39 is 9.84 Å². The Morgan fingerprint density at radius 2 is 1.81 bits per heavy atom. The standard InChI is InChI=1S/C16H26ClNO2S/c1-3-10-21(19,20)11-9-15(13-18-4-2)12-14-5-7-16(17)8-6-14/h5-8,15,18H,3-4,9-13H2,1-2H3. The van der Waals surface area contributed by atoms with Crippen molar-refractivity contribution in [3.8, 4) is 0 Å². The summed E-state index contributed by atoms with van der Waals surface area (Å²) in [6.45, 7) is 5.72. The fraction of sp³-hybridized carbons (Fsp3) is 0.625. The zero-order valence-corrected chi connectivity index (χ0v) is 14.5. The van der Waals surface area contributed by atoms with Crippen LogP contribution in [0.4, 0.5) is 0 Å². The Labute approximate surface area is 134 Å². The summed E-state index contributed by atoms with van der Waals surface area (Å²) in [5.41, 5.74) is 1.20. The zero-order valence-electron chi connectivity index (χ0n) is 12.9. The van der Waals surface area contributed by atoms with E-state index in [1.165, 1.54) is 5.56 Å². The molecule has 0 heterocycles. The van der Waals surface area contributed by atoms with Gasteiger partial charge < -0.3 is 5.32 Å². The first-order valence-corrected chi connectivity index (χ1v) is 9.82. The Kier molecular flexibility index (Phi) is 8.30. The van der Waals surface area contributed by atoms with Gasteiger partial charge in [-0.25, -0.2) is 8.42 Å². The Morgan fingerprint density at radius 3 is 2.38 bits per heavy atom. The first-order chi connectivity index (χ1) is 9.96. The number of benzene rings is 1. The van der Waals surface area contributed by atoms with Gasteiger partial charge in [0.05, 0.1) is 5.75 Å². The van der Waals surface area contributed by atoms with E-state index in [1.54, 1.807) is 0 Å². The van der Waals surface area contributed by atoms with E-state index in [0.717, 1.165) is 24.5 Å². The van der Waals surface area contributed by atoms with Gasteiger partial charge in [-0.1, -0.05) is 37.6 Å². The second-order valence-corrected chi connectivity index (χ2v) is 8.18. The van der Waals surface area contributed by atoms with Crippen LogP contribution in [0.15, 0.2) is 24.3 Å². The summed E-state index contributed by atoms with van der Waals surface area (Å²) in [4.78, 5) is 0. The highest BCUT2D eigenvalue weighted by Crippen LogP contribution is 2.16. The van der Waals surface area contributed by atoms with Gasteiger partial charge in [0.15, 0.2) is 0 Å². The molecule has 1 atom stereocenters. The molecule has 3 nitrogen and oxygen atoms in total. The van der Waals surface area contributed by atoms with Gasteiger partial charge in [-0.3, -0.25) is 0 Å². The second kappa shape index (κ2) is 9.44. The van der Waals surface area contributed by atoms with Gasteiger partial charge in [-0.05, 0) is 56.0 Å². The normalized spacial score (nSPS) is 13.3. The highest BCUT2D eigenvalue weighted by atomic mass is 35.5. The third kappa shape index (κ3) is 7.84. The van der Waals surface area contributed by atoms with Crippen LogP contribution < -0.4 is 5.32 Å². The molecule has 1 aromatic rings. The van der Waals surface area contributed by atoms with E-state index >= 15 is 0 Å². The predicted octanol–water partition coefficient (Wildman–Crippen LogP) is 3.32. The molecule has 1 rings (SSSR count). The molecule has 1 N–H and O–H groups in total. The molecular formula is C16H26ClNO2S. The number of nitrogens with one attached hydrogen (secondary N) is 1. The van der Waals surface area contributed by atoms with Gasteiger partial charge in [0.25, 0.3) is 0 Å². The molecule has 0 aliphatic carbocycles. The molecule has 0 fully saturated rings. The fourth-order valence-corrected chi connectivity index (χ4v) is 3.98. The number of rotatable bonds is 10. The number of hydrogen-bond acceptors (Lipinski definition) is 3. The van der Waals surface area contributed by atoms with Crippen molar-refractivity contribution < 1.29 is 8.42 Å². The van der Waals surface area contributed by atoms with Gasteiger partial charge in [-0.2, -0.15) is 0 Å². The first kappa shape index (κ1) is 18.5. The largest absolute Gasteiger partial charge is 0.317 e. The van der Waals surface area contributed by atoms with Crippen LogP contribution in [0.25, 0.3) is 0 Å². The Hall–Kier alpha value is -0.580. The van der Waals surface area contributed by atoms with Gasteiger partial charge in [0.1, 0.15) is 9.84 Å². The maximum Gasteiger partial charge on any atom is 0.150 e. The molecule has 0 aromatic heterocycles. The lowest BCUT2D eigenvalue weighted by molar-refractivity contribution is 0.465. The fourth-order valence-electron chi connectivity index (χ4n) is 2.34. The number of sulfone groups is 1.